The van der Waals surface area contributed by atoms with Gasteiger partial charge in [0.2, 0.25) is 5.91 Å². The van der Waals surface area contributed by atoms with E-state index in [0.717, 1.165) is 3.57 Å². The van der Waals surface area contributed by atoms with E-state index >= 15 is 0 Å². The maximum absolute atomic E-state index is 12.9. The largest absolute Gasteiger partial charge is 0.309 e. The van der Waals surface area contributed by atoms with E-state index in [4.69, 9.17) is 0 Å². The molecule has 7 heteroatoms. The molecule has 1 aromatic heterocycles. The summed E-state index contributed by atoms with van der Waals surface area (Å²) in [5, 5.41) is 6.81. The maximum atomic E-state index is 12.9. The highest BCUT2D eigenvalue weighted by atomic mass is 127. The summed E-state index contributed by atoms with van der Waals surface area (Å²) >= 11 is 2.03. The summed E-state index contributed by atoms with van der Waals surface area (Å²) in [5.41, 5.74) is 1.12. The second-order valence-electron chi connectivity index (χ2n) is 4.47. The van der Waals surface area contributed by atoms with Crippen LogP contribution in [-0.2, 0) is 4.79 Å². The standard InChI is InChI=1S/C13H9FIN3O2/c1-6-10(15)11-16-12(19)9(13(20)18(11)17-6)7-2-4-8(14)5-3-7/h2-5,9H,1H3,(H,16,19). The molecule has 102 valence electrons. The van der Waals surface area contributed by atoms with Crippen LogP contribution in [0.25, 0.3) is 0 Å². The number of halogens is 2. The van der Waals surface area contributed by atoms with Crippen LogP contribution in [-0.4, -0.2) is 21.6 Å². The van der Waals surface area contributed by atoms with Crippen LogP contribution in [0.15, 0.2) is 24.3 Å². The minimum Gasteiger partial charge on any atom is -0.309 e. The number of fused-ring (bicyclic) bond motifs is 1. The Hall–Kier alpha value is -1.77. The molecule has 1 unspecified atom stereocenters. The van der Waals surface area contributed by atoms with E-state index < -0.39 is 23.5 Å². The molecule has 1 aromatic carbocycles. The highest BCUT2D eigenvalue weighted by molar-refractivity contribution is 14.1. The molecule has 0 fully saturated rings. The molecule has 0 spiro atoms. The van der Waals surface area contributed by atoms with Crippen molar-refractivity contribution in [2.24, 2.45) is 0 Å². The second kappa shape index (κ2) is 4.65. The van der Waals surface area contributed by atoms with E-state index in [2.05, 4.69) is 10.4 Å². The van der Waals surface area contributed by atoms with Gasteiger partial charge in [-0.2, -0.15) is 9.78 Å². The first-order chi connectivity index (χ1) is 9.49. The van der Waals surface area contributed by atoms with Crippen LogP contribution < -0.4 is 5.32 Å². The molecule has 3 rings (SSSR count). The third-order valence-corrected chi connectivity index (χ3v) is 4.44. The van der Waals surface area contributed by atoms with E-state index in [1.807, 2.05) is 22.6 Å². The molecule has 2 aromatic rings. The van der Waals surface area contributed by atoms with E-state index in [1.54, 1.807) is 6.92 Å². The number of nitrogens with zero attached hydrogens (tertiary/aromatic N) is 2. The van der Waals surface area contributed by atoms with Crippen LogP contribution in [0.3, 0.4) is 0 Å². The summed E-state index contributed by atoms with van der Waals surface area (Å²) in [7, 11) is 0. The van der Waals surface area contributed by atoms with Crippen LogP contribution in [0.5, 0.6) is 0 Å². The quantitative estimate of drug-likeness (QED) is 0.606. The van der Waals surface area contributed by atoms with Crippen molar-refractivity contribution in [3.63, 3.8) is 0 Å². The van der Waals surface area contributed by atoms with Gasteiger partial charge in [0.05, 0.1) is 9.26 Å². The predicted octanol–water partition coefficient (Wildman–Crippen LogP) is 2.31. The number of carbonyl (C=O) groups excluding carboxylic acids is 2. The van der Waals surface area contributed by atoms with Gasteiger partial charge in [0.1, 0.15) is 11.7 Å². The Labute approximate surface area is 127 Å². The summed E-state index contributed by atoms with van der Waals surface area (Å²) in [6, 6.07) is 5.32. The number of aryl methyl sites for hydroxylation is 1. The molecule has 0 aliphatic carbocycles. The van der Waals surface area contributed by atoms with Gasteiger partial charge in [-0.1, -0.05) is 12.1 Å². The van der Waals surface area contributed by atoms with Crippen molar-refractivity contribution in [2.45, 2.75) is 12.8 Å². The molecule has 0 saturated heterocycles. The highest BCUT2D eigenvalue weighted by Gasteiger charge is 2.38. The zero-order chi connectivity index (χ0) is 14.4. The number of hydrogen-bond donors (Lipinski definition) is 1. The minimum atomic E-state index is -1.00. The summed E-state index contributed by atoms with van der Waals surface area (Å²) in [5.74, 6) is -1.87. The van der Waals surface area contributed by atoms with Crippen molar-refractivity contribution < 1.29 is 14.0 Å². The molecule has 0 radical (unpaired) electrons. The zero-order valence-corrected chi connectivity index (χ0v) is 12.5. The first kappa shape index (κ1) is 13.2. The van der Waals surface area contributed by atoms with Crippen LogP contribution >= 0.6 is 22.6 Å². The van der Waals surface area contributed by atoms with Crippen molar-refractivity contribution in [3.05, 3.63) is 44.9 Å². The van der Waals surface area contributed by atoms with Gasteiger partial charge < -0.3 is 5.32 Å². The van der Waals surface area contributed by atoms with E-state index in [1.165, 1.54) is 28.9 Å². The Morgan fingerprint density at radius 3 is 2.60 bits per heavy atom. The number of amides is 1. The first-order valence-corrected chi connectivity index (χ1v) is 6.92. The molecule has 5 nitrogen and oxygen atoms in total. The van der Waals surface area contributed by atoms with Gasteiger partial charge in [-0.05, 0) is 47.2 Å². The lowest BCUT2D eigenvalue weighted by Crippen LogP contribution is -2.38. The van der Waals surface area contributed by atoms with Crippen LogP contribution in [0.4, 0.5) is 10.2 Å². The number of nitrogens with one attached hydrogen (secondary N) is 1. The monoisotopic (exact) mass is 385 g/mol. The number of aromatic nitrogens is 2. The van der Waals surface area contributed by atoms with Crippen LogP contribution in [0.1, 0.15) is 22.0 Å². The highest BCUT2D eigenvalue weighted by Crippen LogP contribution is 2.30. The predicted molar refractivity (Wildman–Crippen MR) is 78.1 cm³/mol. The molecule has 0 saturated carbocycles. The normalized spacial score (nSPS) is 17.9. The Kier molecular flexibility index (Phi) is 3.08. The van der Waals surface area contributed by atoms with Gasteiger partial charge >= 0.3 is 0 Å². The van der Waals surface area contributed by atoms with E-state index in [9.17, 15) is 14.0 Å². The fourth-order valence-corrected chi connectivity index (χ4v) is 2.62. The summed E-state index contributed by atoms with van der Waals surface area (Å²) < 4.78 is 14.9. The van der Waals surface area contributed by atoms with Gasteiger partial charge in [-0.25, -0.2) is 4.39 Å². The molecule has 1 N–H and O–H groups in total. The number of hydrogen-bond acceptors (Lipinski definition) is 3. The van der Waals surface area contributed by atoms with Crippen LogP contribution in [0.2, 0.25) is 0 Å². The molecule has 1 amide bonds. The molecule has 1 atom stereocenters. The summed E-state index contributed by atoms with van der Waals surface area (Å²) in [4.78, 5) is 24.6. The molecule has 0 bridgehead atoms. The Balaban J connectivity index is 2.08. The molecule has 1 aliphatic rings. The molecule has 2 heterocycles. The topological polar surface area (TPSA) is 64.0 Å². The van der Waals surface area contributed by atoms with Gasteiger partial charge in [0.25, 0.3) is 5.91 Å². The lowest BCUT2D eigenvalue weighted by Gasteiger charge is -2.22. The summed E-state index contributed by atoms with van der Waals surface area (Å²) in [6.45, 7) is 1.76. The average Bonchev–Trinajstić information content (AvgIpc) is 2.69. The summed E-state index contributed by atoms with van der Waals surface area (Å²) in [6.07, 6.45) is 0. The number of anilines is 1. The number of benzene rings is 1. The fourth-order valence-electron chi connectivity index (χ4n) is 2.15. The van der Waals surface area contributed by atoms with Crippen molar-refractivity contribution in [1.29, 1.82) is 0 Å². The maximum Gasteiger partial charge on any atom is 0.265 e. The molecule has 1 aliphatic heterocycles. The van der Waals surface area contributed by atoms with Gasteiger partial charge in [0, 0.05) is 0 Å². The van der Waals surface area contributed by atoms with E-state index in [0.29, 0.717) is 17.1 Å². The van der Waals surface area contributed by atoms with Gasteiger partial charge in [-0.3, -0.25) is 9.59 Å². The van der Waals surface area contributed by atoms with Crippen molar-refractivity contribution >= 4 is 40.2 Å². The minimum absolute atomic E-state index is 0.400. The smallest absolute Gasteiger partial charge is 0.265 e. The fraction of sp³-hybridized carbons (Fsp3) is 0.154. The van der Waals surface area contributed by atoms with Crippen molar-refractivity contribution in [3.8, 4) is 0 Å². The van der Waals surface area contributed by atoms with E-state index in [-0.39, 0.29) is 0 Å². The van der Waals surface area contributed by atoms with Crippen LogP contribution in [0, 0.1) is 16.3 Å². The second-order valence-corrected chi connectivity index (χ2v) is 5.55. The molecular weight excluding hydrogens is 376 g/mol. The Morgan fingerprint density at radius 1 is 1.30 bits per heavy atom. The number of rotatable bonds is 1. The Bertz CT molecular complexity index is 724. The molecular formula is C13H9FIN3O2. The zero-order valence-electron chi connectivity index (χ0n) is 10.4. The lowest BCUT2D eigenvalue weighted by atomic mass is 9.96. The average molecular weight is 385 g/mol. The molecule has 20 heavy (non-hydrogen) atoms. The van der Waals surface area contributed by atoms with Crippen molar-refractivity contribution in [1.82, 2.24) is 9.78 Å². The van der Waals surface area contributed by atoms with Crippen molar-refractivity contribution in [2.75, 3.05) is 5.32 Å². The first-order valence-electron chi connectivity index (χ1n) is 5.84. The SMILES string of the molecule is Cc1nn2c(c1I)NC(=O)C(c1ccc(F)cc1)C2=O. The van der Waals surface area contributed by atoms with Gasteiger partial charge in [-0.15, -0.1) is 0 Å². The van der Waals surface area contributed by atoms with Gasteiger partial charge in [0.15, 0.2) is 5.82 Å². The third kappa shape index (κ3) is 1.92. The Morgan fingerprint density at radius 2 is 1.95 bits per heavy atom. The lowest BCUT2D eigenvalue weighted by molar-refractivity contribution is -0.117. The number of carbonyl (C=O) groups is 2. The third-order valence-electron chi connectivity index (χ3n) is 3.15.